The number of hydrogen-bond acceptors (Lipinski definition) is 5. The van der Waals surface area contributed by atoms with Crippen LogP contribution in [-0.4, -0.2) is 23.3 Å². The van der Waals surface area contributed by atoms with Gasteiger partial charge in [-0.2, -0.15) is 0 Å². The number of hydrogen-bond donors (Lipinski definition) is 1. The van der Waals surface area contributed by atoms with Crippen molar-refractivity contribution in [1.82, 2.24) is 9.97 Å². The molecular formula is C14H18N4S. The molecule has 0 aliphatic carbocycles. The third kappa shape index (κ3) is 3.45. The minimum absolute atomic E-state index is 0.559. The molecule has 0 unspecified atom stereocenters. The van der Waals surface area contributed by atoms with Crippen LogP contribution in [0.4, 0.5) is 5.82 Å². The molecule has 0 atom stereocenters. The van der Waals surface area contributed by atoms with Crippen molar-refractivity contribution >= 4 is 17.6 Å². The van der Waals surface area contributed by atoms with E-state index < -0.39 is 0 Å². The monoisotopic (exact) mass is 274 g/mol. The summed E-state index contributed by atoms with van der Waals surface area (Å²) in [5, 5.41) is 0.976. The second kappa shape index (κ2) is 6.54. The van der Waals surface area contributed by atoms with Crippen LogP contribution in [-0.2, 0) is 13.1 Å². The SMILES string of the molecule is CSc1cc(N(C)Cc2ccccc2CN)ncn1. The third-order valence-corrected chi connectivity index (χ3v) is 3.62. The lowest BCUT2D eigenvalue weighted by Crippen LogP contribution is -2.19. The maximum Gasteiger partial charge on any atom is 0.133 e. The lowest BCUT2D eigenvalue weighted by Gasteiger charge is -2.20. The second-order valence-electron chi connectivity index (χ2n) is 4.25. The van der Waals surface area contributed by atoms with Crippen molar-refractivity contribution in [2.45, 2.75) is 18.1 Å². The van der Waals surface area contributed by atoms with Gasteiger partial charge in [-0.05, 0) is 17.4 Å². The number of benzene rings is 1. The smallest absolute Gasteiger partial charge is 0.133 e. The van der Waals surface area contributed by atoms with Crippen LogP contribution in [0.3, 0.4) is 0 Å². The molecule has 0 amide bonds. The third-order valence-electron chi connectivity index (χ3n) is 2.97. The molecule has 0 aliphatic rings. The Morgan fingerprint density at radius 2 is 1.95 bits per heavy atom. The molecular weight excluding hydrogens is 256 g/mol. The van der Waals surface area contributed by atoms with E-state index in [1.165, 1.54) is 11.1 Å². The molecule has 1 aromatic carbocycles. The number of aromatic nitrogens is 2. The lowest BCUT2D eigenvalue weighted by atomic mass is 10.1. The highest BCUT2D eigenvalue weighted by atomic mass is 32.2. The van der Waals surface area contributed by atoms with Crippen LogP contribution in [0, 0.1) is 0 Å². The van der Waals surface area contributed by atoms with Crippen molar-refractivity contribution in [3.63, 3.8) is 0 Å². The Morgan fingerprint density at radius 3 is 2.63 bits per heavy atom. The summed E-state index contributed by atoms with van der Waals surface area (Å²) in [5.41, 5.74) is 8.17. The predicted octanol–water partition coefficient (Wildman–Crippen LogP) is 2.29. The Hall–Kier alpha value is -1.59. The van der Waals surface area contributed by atoms with Crippen LogP contribution in [0.2, 0.25) is 0 Å². The van der Waals surface area contributed by atoms with E-state index in [9.17, 15) is 0 Å². The number of thioether (sulfide) groups is 1. The van der Waals surface area contributed by atoms with Crippen LogP contribution in [0.1, 0.15) is 11.1 Å². The van der Waals surface area contributed by atoms with E-state index in [-0.39, 0.29) is 0 Å². The number of rotatable bonds is 5. The summed E-state index contributed by atoms with van der Waals surface area (Å²) in [7, 11) is 2.03. The first kappa shape index (κ1) is 13.8. The molecule has 0 bridgehead atoms. The van der Waals surface area contributed by atoms with E-state index in [1.54, 1.807) is 18.1 Å². The van der Waals surface area contributed by atoms with Crippen LogP contribution in [0.25, 0.3) is 0 Å². The largest absolute Gasteiger partial charge is 0.355 e. The van der Waals surface area contributed by atoms with E-state index in [1.807, 2.05) is 31.5 Å². The molecule has 1 heterocycles. The lowest BCUT2D eigenvalue weighted by molar-refractivity contribution is 0.861. The van der Waals surface area contributed by atoms with Gasteiger partial charge in [0.15, 0.2) is 0 Å². The van der Waals surface area contributed by atoms with Gasteiger partial charge in [0.1, 0.15) is 17.2 Å². The molecule has 2 rings (SSSR count). The molecule has 0 saturated carbocycles. The van der Waals surface area contributed by atoms with Crippen molar-refractivity contribution < 1.29 is 0 Å². The molecule has 0 fully saturated rings. The maximum atomic E-state index is 5.76. The van der Waals surface area contributed by atoms with Crippen molar-refractivity contribution in [2.75, 3.05) is 18.2 Å². The topological polar surface area (TPSA) is 55.0 Å². The maximum absolute atomic E-state index is 5.76. The van der Waals surface area contributed by atoms with Crippen molar-refractivity contribution in [1.29, 1.82) is 0 Å². The van der Waals surface area contributed by atoms with Gasteiger partial charge in [-0.1, -0.05) is 24.3 Å². The van der Waals surface area contributed by atoms with Gasteiger partial charge in [0.05, 0.1) is 0 Å². The van der Waals surface area contributed by atoms with Gasteiger partial charge in [0.25, 0.3) is 0 Å². The van der Waals surface area contributed by atoms with Crippen LogP contribution < -0.4 is 10.6 Å². The van der Waals surface area contributed by atoms with Gasteiger partial charge in [-0.15, -0.1) is 11.8 Å². The molecule has 19 heavy (non-hydrogen) atoms. The summed E-state index contributed by atoms with van der Waals surface area (Å²) in [6.07, 6.45) is 3.61. The normalized spacial score (nSPS) is 10.5. The molecule has 2 aromatic rings. The molecule has 0 aliphatic heterocycles. The highest BCUT2D eigenvalue weighted by Crippen LogP contribution is 2.19. The standard InChI is InChI=1S/C14H18N4S/c1-18(13-7-14(19-2)17-10-16-13)9-12-6-4-3-5-11(12)8-15/h3-7,10H,8-9,15H2,1-2H3. The highest BCUT2D eigenvalue weighted by Gasteiger charge is 2.07. The quantitative estimate of drug-likeness (QED) is 0.669. The van der Waals surface area contributed by atoms with Gasteiger partial charge in [-0.3, -0.25) is 0 Å². The summed E-state index contributed by atoms with van der Waals surface area (Å²) in [5.74, 6) is 0.922. The summed E-state index contributed by atoms with van der Waals surface area (Å²) in [6, 6.07) is 10.2. The summed E-state index contributed by atoms with van der Waals surface area (Å²) in [4.78, 5) is 10.6. The van der Waals surface area contributed by atoms with Gasteiger partial charge in [0.2, 0.25) is 0 Å². The average Bonchev–Trinajstić information content (AvgIpc) is 2.47. The minimum Gasteiger partial charge on any atom is -0.355 e. The van der Waals surface area contributed by atoms with Crippen LogP contribution >= 0.6 is 11.8 Å². The first-order valence-electron chi connectivity index (χ1n) is 6.08. The number of nitrogens with zero attached hydrogens (tertiary/aromatic N) is 3. The van der Waals surface area contributed by atoms with E-state index in [0.29, 0.717) is 6.54 Å². The average molecular weight is 274 g/mol. The van der Waals surface area contributed by atoms with Gasteiger partial charge >= 0.3 is 0 Å². The van der Waals surface area contributed by atoms with Crippen LogP contribution in [0.5, 0.6) is 0 Å². The van der Waals surface area contributed by atoms with Gasteiger partial charge in [0, 0.05) is 26.2 Å². The Balaban J connectivity index is 2.18. The fourth-order valence-electron chi connectivity index (χ4n) is 1.90. The van der Waals surface area contributed by atoms with Gasteiger partial charge in [-0.25, -0.2) is 9.97 Å². The van der Waals surface area contributed by atoms with E-state index in [2.05, 4.69) is 27.0 Å². The first-order chi connectivity index (χ1) is 9.24. The molecule has 1 aromatic heterocycles. The molecule has 0 saturated heterocycles. The number of nitrogens with two attached hydrogens (primary N) is 1. The first-order valence-corrected chi connectivity index (χ1v) is 7.31. The van der Waals surface area contributed by atoms with Gasteiger partial charge < -0.3 is 10.6 Å². The minimum atomic E-state index is 0.559. The van der Waals surface area contributed by atoms with E-state index in [4.69, 9.17) is 5.73 Å². The zero-order valence-electron chi connectivity index (χ0n) is 11.2. The van der Waals surface area contributed by atoms with Crippen molar-refractivity contribution in [3.8, 4) is 0 Å². The zero-order valence-corrected chi connectivity index (χ0v) is 12.0. The Morgan fingerprint density at radius 1 is 1.21 bits per heavy atom. The summed E-state index contributed by atoms with van der Waals surface area (Å²) >= 11 is 1.62. The summed E-state index contributed by atoms with van der Waals surface area (Å²) < 4.78 is 0. The number of anilines is 1. The second-order valence-corrected chi connectivity index (χ2v) is 5.07. The fraction of sp³-hybridized carbons (Fsp3) is 0.286. The Bertz CT molecular complexity index is 544. The highest BCUT2D eigenvalue weighted by molar-refractivity contribution is 7.98. The molecule has 0 spiro atoms. The van der Waals surface area contributed by atoms with E-state index >= 15 is 0 Å². The predicted molar refractivity (Wildman–Crippen MR) is 80.3 cm³/mol. The molecule has 0 radical (unpaired) electrons. The molecule has 2 N–H and O–H groups in total. The fourth-order valence-corrected chi connectivity index (χ4v) is 2.27. The molecule has 4 nitrogen and oxygen atoms in total. The van der Waals surface area contributed by atoms with Crippen molar-refractivity contribution in [2.24, 2.45) is 5.73 Å². The Kier molecular flexibility index (Phi) is 4.76. The molecule has 5 heteroatoms. The summed E-state index contributed by atoms with van der Waals surface area (Å²) in [6.45, 7) is 1.35. The zero-order chi connectivity index (χ0) is 13.7. The van der Waals surface area contributed by atoms with Crippen molar-refractivity contribution in [3.05, 3.63) is 47.8 Å². The molecule has 100 valence electrons. The van der Waals surface area contributed by atoms with Crippen LogP contribution in [0.15, 0.2) is 41.7 Å². The van der Waals surface area contributed by atoms with E-state index in [0.717, 1.165) is 17.4 Å². The Labute approximate surface area is 118 Å².